The lowest BCUT2D eigenvalue weighted by Gasteiger charge is -2.05. The smallest absolute Gasteiger partial charge is 0.169 e. The van der Waals surface area contributed by atoms with Crippen molar-refractivity contribution in [3.8, 4) is 0 Å². The minimum Gasteiger partial charge on any atom is -0.360 e. The summed E-state index contributed by atoms with van der Waals surface area (Å²) in [7, 11) is -3.12. The highest BCUT2D eigenvalue weighted by Gasteiger charge is 2.34. The molecule has 0 amide bonds. The van der Waals surface area contributed by atoms with Crippen LogP contribution in [0.25, 0.3) is 10.9 Å². The lowest BCUT2D eigenvalue weighted by molar-refractivity contribution is 0.0935. The number of sulfone groups is 1. The average molecular weight is 281 g/mol. The highest BCUT2D eigenvalue weighted by atomic mass is 32.2. The van der Waals surface area contributed by atoms with Gasteiger partial charge in [0.15, 0.2) is 15.6 Å². The monoisotopic (exact) mass is 281 g/mol. The number of rotatable bonds is 2. The van der Waals surface area contributed by atoms with E-state index in [1.54, 1.807) is 12.1 Å². The third kappa shape index (κ3) is 2.06. The highest BCUT2D eigenvalue weighted by Crippen LogP contribution is 2.28. The van der Waals surface area contributed by atoms with Gasteiger partial charge in [-0.1, -0.05) is 6.07 Å². The maximum atomic E-state index is 13.8. The van der Waals surface area contributed by atoms with E-state index in [-0.39, 0.29) is 28.2 Å². The Morgan fingerprint density at radius 1 is 1.37 bits per heavy atom. The number of hydrogen-bond donors (Lipinski definition) is 1. The van der Waals surface area contributed by atoms with Crippen molar-refractivity contribution in [1.29, 1.82) is 0 Å². The number of fused-ring (bicyclic) bond motifs is 1. The zero-order valence-corrected chi connectivity index (χ0v) is 10.8. The summed E-state index contributed by atoms with van der Waals surface area (Å²) in [4.78, 5) is 15.2. The summed E-state index contributed by atoms with van der Waals surface area (Å²) in [5, 5.41) is 0.247. The van der Waals surface area contributed by atoms with Crippen LogP contribution < -0.4 is 0 Å². The van der Waals surface area contributed by atoms with Gasteiger partial charge in [0.05, 0.1) is 11.5 Å². The van der Waals surface area contributed by atoms with Crippen molar-refractivity contribution in [2.24, 2.45) is 5.92 Å². The Bertz CT molecular complexity index is 763. The number of aromatic nitrogens is 1. The highest BCUT2D eigenvalue weighted by molar-refractivity contribution is 7.91. The molecule has 0 radical (unpaired) electrons. The topological polar surface area (TPSA) is 67.0 Å². The van der Waals surface area contributed by atoms with Gasteiger partial charge in [0.1, 0.15) is 5.82 Å². The molecule has 1 aliphatic rings. The molecule has 4 nitrogen and oxygen atoms in total. The van der Waals surface area contributed by atoms with Gasteiger partial charge in [-0.2, -0.15) is 0 Å². The molecule has 6 heteroatoms. The molecular formula is C13H12FNO3S. The van der Waals surface area contributed by atoms with Gasteiger partial charge in [-0.3, -0.25) is 4.79 Å². The molecular weight excluding hydrogens is 269 g/mol. The second-order valence-corrected chi connectivity index (χ2v) is 7.06. The lowest BCUT2D eigenvalue weighted by Crippen LogP contribution is -2.16. The molecule has 2 aromatic rings. The van der Waals surface area contributed by atoms with Crippen LogP contribution in [0.2, 0.25) is 0 Å². The molecule has 1 saturated heterocycles. The number of aromatic amines is 1. The van der Waals surface area contributed by atoms with Gasteiger partial charge in [-0.25, -0.2) is 12.8 Å². The zero-order valence-electron chi connectivity index (χ0n) is 10.0. The quantitative estimate of drug-likeness (QED) is 0.855. The van der Waals surface area contributed by atoms with Crippen molar-refractivity contribution >= 4 is 26.5 Å². The van der Waals surface area contributed by atoms with E-state index in [0.29, 0.717) is 11.9 Å². The third-order valence-electron chi connectivity index (χ3n) is 3.52. The number of Topliss-reactive ketones (excluding diaryl/α,β-unsaturated/α-hetero) is 1. The molecule has 0 aliphatic carbocycles. The van der Waals surface area contributed by atoms with Crippen LogP contribution in [0.5, 0.6) is 0 Å². The lowest BCUT2D eigenvalue weighted by atomic mass is 9.97. The van der Waals surface area contributed by atoms with Gasteiger partial charge in [-0.15, -0.1) is 0 Å². The Labute approximate surface area is 109 Å². The molecule has 0 bridgehead atoms. The Hall–Kier alpha value is -1.69. The fourth-order valence-corrected chi connectivity index (χ4v) is 4.30. The van der Waals surface area contributed by atoms with Crippen LogP contribution in [0, 0.1) is 11.7 Å². The van der Waals surface area contributed by atoms with Gasteiger partial charge in [0.25, 0.3) is 0 Å². The number of hydrogen-bond acceptors (Lipinski definition) is 3. The number of H-pyrrole nitrogens is 1. The van der Waals surface area contributed by atoms with Gasteiger partial charge >= 0.3 is 0 Å². The van der Waals surface area contributed by atoms with E-state index in [0.717, 1.165) is 0 Å². The average Bonchev–Trinajstić information content (AvgIpc) is 2.92. The van der Waals surface area contributed by atoms with Crippen LogP contribution in [-0.2, 0) is 9.84 Å². The van der Waals surface area contributed by atoms with E-state index in [4.69, 9.17) is 0 Å². The van der Waals surface area contributed by atoms with Crippen LogP contribution in [-0.4, -0.2) is 30.7 Å². The van der Waals surface area contributed by atoms with E-state index in [2.05, 4.69) is 4.98 Å². The number of carbonyl (C=O) groups excluding carboxylic acids is 1. The molecule has 2 heterocycles. The molecule has 1 unspecified atom stereocenters. The van der Waals surface area contributed by atoms with Gasteiger partial charge < -0.3 is 4.98 Å². The van der Waals surface area contributed by atoms with Crippen molar-refractivity contribution in [3.63, 3.8) is 0 Å². The summed E-state index contributed by atoms with van der Waals surface area (Å²) in [6, 6.07) is 4.53. The zero-order chi connectivity index (χ0) is 13.6. The molecule has 0 spiro atoms. The standard InChI is InChI=1S/C13H12FNO3S/c14-10-2-1-3-11-12(10)9(6-15-11)13(16)8-4-5-19(17,18)7-8/h1-3,6,8,15H,4-5,7H2. The number of carbonyl (C=O) groups is 1. The van der Waals surface area contributed by atoms with Crippen molar-refractivity contribution in [2.75, 3.05) is 11.5 Å². The fourth-order valence-electron chi connectivity index (χ4n) is 2.56. The Balaban J connectivity index is 2.04. The third-order valence-corrected chi connectivity index (χ3v) is 5.29. The molecule has 3 rings (SSSR count). The first-order valence-corrected chi connectivity index (χ1v) is 7.80. The SMILES string of the molecule is O=C(c1c[nH]c2cccc(F)c12)C1CCS(=O)(=O)C1. The van der Waals surface area contributed by atoms with Crippen LogP contribution in [0.4, 0.5) is 4.39 Å². The number of nitrogens with one attached hydrogen (secondary N) is 1. The van der Waals surface area contributed by atoms with E-state index >= 15 is 0 Å². The summed E-state index contributed by atoms with van der Waals surface area (Å²) in [5.41, 5.74) is 0.791. The number of benzene rings is 1. The van der Waals surface area contributed by atoms with Crippen LogP contribution >= 0.6 is 0 Å². The number of ketones is 1. The van der Waals surface area contributed by atoms with E-state index in [1.165, 1.54) is 12.3 Å². The predicted molar refractivity (Wildman–Crippen MR) is 69.3 cm³/mol. The minimum absolute atomic E-state index is 0.0360. The van der Waals surface area contributed by atoms with Crippen molar-refractivity contribution in [1.82, 2.24) is 4.98 Å². The second kappa shape index (κ2) is 4.16. The molecule has 1 fully saturated rings. The molecule has 1 aliphatic heterocycles. The van der Waals surface area contributed by atoms with E-state index in [9.17, 15) is 17.6 Å². The van der Waals surface area contributed by atoms with Crippen LogP contribution in [0.15, 0.2) is 24.4 Å². The van der Waals surface area contributed by atoms with Crippen molar-refractivity contribution in [2.45, 2.75) is 6.42 Å². The van der Waals surface area contributed by atoms with Crippen molar-refractivity contribution < 1.29 is 17.6 Å². The summed E-state index contributed by atoms with van der Waals surface area (Å²) < 4.78 is 36.6. The van der Waals surface area contributed by atoms with Gasteiger partial charge in [-0.05, 0) is 18.6 Å². The molecule has 19 heavy (non-hydrogen) atoms. The largest absolute Gasteiger partial charge is 0.360 e. The van der Waals surface area contributed by atoms with E-state index < -0.39 is 21.6 Å². The number of halogens is 1. The Morgan fingerprint density at radius 3 is 2.84 bits per heavy atom. The second-order valence-electron chi connectivity index (χ2n) is 4.83. The normalized spacial score (nSPS) is 21.8. The summed E-state index contributed by atoms with van der Waals surface area (Å²) in [6.07, 6.45) is 1.78. The molecule has 1 N–H and O–H groups in total. The predicted octanol–water partition coefficient (Wildman–Crippen LogP) is 1.92. The minimum atomic E-state index is -3.12. The van der Waals surface area contributed by atoms with E-state index in [1.807, 2.05) is 0 Å². The molecule has 1 aromatic carbocycles. The maximum Gasteiger partial charge on any atom is 0.169 e. The van der Waals surface area contributed by atoms with Crippen LogP contribution in [0.3, 0.4) is 0 Å². The van der Waals surface area contributed by atoms with Crippen molar-refractivity contribution in [3.05, 3.63) is 35.8 Å². The van der Waals surface area contributed by atoms with Crippen LogP contribution in [0.1, 0.15) is 16.8 Å². The summed E-state index contributed by atoms with van der Waals surface area (Å²) in [5.74, 6) is -1.41. The fraction of sp³-hybridized carbons (Fsp3) is 0.308. The first kappa shape index (κ1) is 12.3. The summed E-state index contributed by atoms with van der Waals surface area (Å²) in [6.45, 7) is 0. The molecule has 100 valence electrons. The summed E-state index contributed by atoms with van der Waals surface area (Å²) >= 11 is 0. The first-order valence-electron chi connectivity index (χ1n) is 5.98. The van der Waals surface area contributed by atoms with Gasteiger partial charge in [0, 0.05) is 28.6 Å². The Kier molecular flexibility index (Phi) is 2.70. The maximum absolute atomic E-state index is 13.8. The van der Waals surface area contributed by atoms with Gasteiger partial charge in [0.2, 0.25) is 0 Å². The molecule has 1 atom stereocenters. The first-order chi connectivity index (χ1) is 8.98. The molecule has 1 aromatic heterocycles. The molecule has 0 saturated carbocycles. The Morgan fingerprint density at radius 2 is 2.16 bits per heavy atom.